The molecule has 2 rings (SSSR count). The van der Waals surface area contributed by atoms with Crippen LogP contribution in [0.3, 0.4) is 0 Å². The zero-order valence-corrected chi connectivity index (χ0v) is 11.0. The smallest absolute Gasteiger partial charge is 0.223 e. The van der Waals surface area contributed by atoms with Crippen molar-refractivity contribution >= 4 is 23.4 Å². The summed E-state index contributed by atoms with van der Waals surface area (Å²) in [6.07, 6.45) is 0. The molecular formula is C12H11ClF2N4O. The molecule has 8 heteroatoms. The molecule has 0 atom stereocenters. The summed E-state index contributed by atoms with van der Waals surface area (Å²) in [5.41, 5.74) is 5.43. The van der Waals surface area contributed by atoms with E-state index in [-0.39, 0.29) is 23.5 Å². The summed E-state index contributed by atoms with van der Waals surface area (Å²) in [7, 11) is 0. The SMILES string of the molecule is Nc1nc(Cl)cc(NCCOc2ccc(F)cc2F)n1. The Morgan fingerprint density at radius 2 is 2.05 bits per heavy atom. The lowest BCUT2D eigenvalue weighted by molar-refractivity contribution is 0.314. The first kappa shape index (κ1) is 14.3. The van der Waals surface area contributed by atoms with Crippen molar-refractivity contribution in [2.24, 2.45) is 0 Å². The number of hydrogen-bond acceptors (Lipinski definition) is 5. The Morgan fingerprint density at radius 1 is 1.25 bits per heavy atom. The highest BCUT2D eigenvalue weighted by molar-refractivity contribution is 6.29. The number of nitrogens with zero attached hydrogens (tertiary/aromatic N) is 2. The fraction of sp³-hybridized carbons (Fsp3) is 0.167. The van der Waals surface area contributed by atoms with E-state index in [2.05, 4.69) is 15.3 Å². The molecule has 2 aromatic rings. The predicted molar refractivity (Wildman–Crippen MR) is 71.8 cm³/mol. The molecule has 3 N–H and O–H groups in total. The summed E-state index contributed by atoms with van der Waals surface area (Å²) in [6, 6.07) is 4.60. The Balaban J connectivity index is 1.84. The van der Waals surface area contributed by atoms with E-state index in [4.69, 9.17) is 22.1 Å². The van der Waals surface area contributed by atoms with E-state index in [9.17, 15) is 8.78 Å². The first-order valence-corrected chi connectivity index (χ1v) is 6.04. The average Bonchev–Trinajstić information content (AvgIpc) is 2.35. The third kappa shape index (κ3) is 3.92. The van der Waals surface area contributed by atoms with Crippen molar-refractivity contribution < 1.29 is 13.5 Å². The number of nitrogen functional groups attached to an aromatic ring is 1. The van der Waals surface area contributed by atoms with Crippen LogP contribution in [0.5, 0.6) is 5.75 Å². The fourth-order valence-electron chi connectivity index (χ4n) is 1.46. The molecule has 20 heavy (non-hydrogen) atoms. The summed E-state index contributed by atoms with van der Waals surface area (Å²) < 4.78 is 31.1. The molecule has 0 aliphatic carbocycles. The molecule has 0 fully saturated rings. The van der Waals surface area contributed by atoms with Gasteiger partial charge in [-0.15, -0.1) is 0 Å². The summed E-state index contributed by atoms with van der Waals surface area (Å²) in [5.74, 6) is -0.942. The van der Waals surface area contributed by atoms with E-state index in [1.165, 1.54) is 12.1 Å². The number of nitrogens with one attached hydrogen (secondary N) is 1. The lowest BCUT2D eigenvalue weighted by atomic mass is 10.3. The maximum absolute atomic E-state index is 13.3. The molecule has 0 aliphatic heterocycles. The Hall–Kier alpha value is -2.15. The first-order valence-electron chi connectivity index (χ1n) is 5.66. The Kier molecular flexibility index (Phi) is 4.52. The highest BCUT2D eigenvalue weighted by atomic mass is 35.5. The van der Waals surface area contributed by atoms with Crippen molar-refractivity contribution in [1.82, 2.24) is 9.97 Å². The summed E-state index contributed by atoms with van der Waals surface area (Å²) in [6.45, 7) is 0.494. The summed E-state index contributed by atoms with van der Waals surface area (Å²) in [4.78, 5) is 7.61. The normalized spacial score (nSPS) is 10.3. The molecule has 0 saturated heterocycles. The van der Waals surface area contributed by atoms with Gasteiger partial charge in [0, 0.05) is 12.1 Å². The Morgan fingerprint density at radius 3 is 2.75 bits per heavy atom. The highest BCUT2D eigenvalue weighted by Crippen LogP contribution is 2.17. The largest absolute Gasteiger partial charge is 0.489 e. The molecule has 0 amide bonds. The number of anilines is 2. The molecule has 0 bridgehead atoms. The number of aromatic nitrogens is 2. The quantitative estimate of drug-likeness (QED) is 0.655. The lowest BCUT2D eigenvalue weighted by Crippen LogP contribution is -2.13. The average molecular weight is 301 g/mol. The van der Waals surface area contributed by atoms with Crippen LogP contribution >= 0.6 is 11.6 Å². The third-order valence-electron chi connectivity index (χ3n) is 2.27. The van der Waals surface area contributed by atoms with Crippen LogP contribution in [0.4, 0.5) is 20.5 Å². The van der Waals surface area contributed by atoms with Gasteiger partial charge in [0.1, 0.15) is 23.4 Å². The van der Waals surface area contributed by atoms with Gasteiger partial charge in [-0.25, -0.2) is 13.8 Å². The third-order valence-corrected chi connectivity index (χ3v) is 2.47. The van der Waals surface area contributed by atoms with Crippen LogP contribution in [0.2, 0.25) is 5.15 Å². The molecule has 0 radical (unpaired) electrons. The van der Waals surface area contributed by atoms with Crippen molar-refractivity contribution in [3.05, 3.63) is 41.1 Å². The van der Waals surface area contributed by atoms with Gasteiger partial charge in [0.05, 0.1) is 6.54 Å². The van der Waals surface area contributed by atoms with Gasteiger partial charge in [-0.3, -0.25) is 0 Å². The molecule has 0 saturated carbocycles. The van der Waals surface area contributed by atoms with Crippen molar-refractivity contribution in [3.8, 4) is 5.75 Å². The predicted octanol–water partition coefficient (Wildman–Crippen LogP) is 2.48. The Labute approximate surface area is 118 Å². The molecule has 0 aliphatic rings. The minimum atomic E-state index is -0.751. The number of rotatable bonds is 5. The zero-order chi connectivity index (χ0) is 14.5. The molecule has 106 valence electrons. The van der Waals surface area contributed by atoms with Crippen molar-refractivity contribution in [3.63, 3.8) is 0 Å². The number of nitrogens with two attached hydrogens (primary N) is 1. The maximum Gasteiger partial charge on any atom is 0.223 e. The van der Waals surface area contributed by atoms with Crippen LogP contribution in [0.25, 0.3) is 0 Å². The monoisotopic (exact) mass is 300 g/mol. The summed E-state index contributed by atoms with van der Waals surface area (Å²) >= 11 is 5.71. The molecular weight excluding hydrogens is 290 g/mol. The van der Waals surface area contributed by atoms with Crippen LogP contribution in [0, 0.1) is 11.6 Å². The fourth-order valence-corrected chi connectivity index (χ4v) is 1.65. The number of hydrogen-bond donors (Lipinski definition) is 2. The van der Waals surface area contributed by atoms with Gasteiger partial charge < -0.3 is 15.8 Å². The maximum atomic E-state index is 13.3. The van der Waals surface area contributed by atoms with Gasteiger partial charge >= 0.3 is 0 Å². The van der Waals surface area contributed by atoms with E-state index in [1.54, 1.807) is 0 Å². The van der Waals surface area contributed by atoms with Crippen LogP contribution < -0.4 is 15.8 Å². The standard InChI is InChI=1S/C12H11ClF2N4O/c13-10-6-11(19-12(16)18-10)17-3-4-20-9-2-1-7(14)5-8(9)15/h1-2,5-6H,3-4H2,(H3,16,17,18,19). The molecule has 5 nitrogen and oxygen atoms in total. The van der Waals surface area contributed by atoms with Gasteiger partial charge in [0.15, 0.2) is 11.6 Å². The van der Waals surface area contributed by atoms with Crippen molar-refractivity contribution in [2.45, 2.75) is 0 Å². The number of ether oxygens (including phenoxy) is 1. The molecule has 1 aromatic heterocycles. The van der Waals surface area contributed by atoms with E-state index >= 15 is 0 Å². The van der Waals surface area contributed by atoms with Crippen molar-refractivity contribution in [2.75, 3.05) is 24.2 Å². The second-order valence-corrected chi connectivity index (χ2v) is 4.17. The van der Waals surface area contributed by atoms with E-state index in [1.807, 2.05) is 0 Å². The van der Waals surface area contributed by atoms with Gasteiger partial charge in [-0.05, 0) is 12.1 Å². The van der Waals surface area contributed by atoms with Gasteiger partial charge in [0.25, 0.3) is 0 Å². The number of benzene rings is 1. The van der Waals surface area contributed by atoms with Crippen LogP contribution in [0.1, 0.15) is 0 Å². The van der Waals surface area contributed by atoms with Crippen LogP contribution in [0.15, 0.2) is 24.3 Å². The minimum Gasteiger partial charge on any atom is -0.489 e. The van der Waals surface area contributed by atoms with E-state index in [0.717, 1.165) is 12.1 Å². The molecule has 0 spiro atoms. The topological polar surface area (TPSA) is 73.1 Å². The second-order valence-electron chi connectivity index (χ2n) is 3.78. The molecule has 1 heterocycles. The number of halogens is 3. The van der Waals surface area contributed by atoms with Crippen LogP contribution in [-0.2, 0) is 0 Å². The second kappa shape index (κ2) is 6.33. The first-order chi connectivity index (χ1) is 9.54. The van der Waals surface area contributed by atoms with Gasteiger partial charge in [-0.1, -0.05) is 11.6 Å². The van der Waals surface area contributed by atoms with Gasteiger partial charge in [0.2, 0.25) is 5.95 Å². The van der Waals surface area contributed by atoms with E-state index < -0.39 is 11.6 Å². The summed E-state index contributed by atoms with van der Waals surface area (Å²) in [5, 5.41) is 3.10. The van der Waals surface area contributed by atoms with Crippen molar-refractivity contribution in [1.29, 1.82) is 0 Å². The van der Waals surface area contributed by atoms with Crippen LogP contribution in [-0.4, -0.2) is 23.1 Å². The van der Waals surface area contributed by atoms with E-state index in [0.29, 0.717) is 12.4 Å². The Bertz CT molecular complexity index is 592. The lowest BCUT2D eigenvalue weighted by Gasteiger charge is -2.09. The molecule has 0 unspecified atom stereocenters. The zero-order valence-electron chi connectivity index (χ0n) is 10.2. The van der Waals surface area contributed by atoms with Gasteiger partial charge in [-0.2, -0.15) is 4.98 Å². The minimum absolute atomic E-state index is 0.0200. The highest BCUT2D eigenvalue weighted by Gasteiger charge is 2.05. The molecule has 1 aromatic carbocycles.